The van der Waals surface area contributed by atoms with E-state index in [2.05, 4.69) is 4.90 Å². The maximum absolute atomic E-state index is 13.2. The maximum Gasteiger partial charge on any atom is 0.341 e. The standard InChI is InChI=1S/C22H23FN2O4/c1-24(2)10-3-11-29-17-8-9-20-18(12-17)21(26)19(22(27)28)14-25(20)13-15-4-6-16(23)7-5-15/h4-9,12,14H,3,10-11,13H2,1-2H3,(H,27,28). The number of fused-ring (bicyclic) bond motifs is 1. The molecule has 0 spiro atoms. The lowest BCUT2D eigenvalue weighted by atomic mass is 10.1. The number of carboxylic acid groups (broad SMARTS) is 1. The molecule has 6 nitrogen and oxygen atoms in total. The summed E-state index contributed by atoms with van der Waals surface area (Å²) in [4.78, 5) is 26.3. The zero-order valence-electron chi connectivity index (χ0n) is 16.4. The first kappa shape index (κ1) is 20.5. The Labute approximate surface area is 167 Å². The molecule has 3 aromatic rings. The molecule has 2 aromatic carbocycles. The van der Waals surface area contributed by atoms with Crippen LogP contribution in [0.1, 0.15) is 22.3 Å². The largest absolute Gasteiger partial charge is 0.494 e. The van der Waals surface area contributed by atoms with Crippen LogP contribution in [0.3, 0.4) is 0 Å². The van der Waals surface area contributed by atoms with Crippen LogP contribution in [0.2, 0.25) is 0 Å². The number of aromatic carboxylic acids is 1. The van der Waals surface area contributed by atoms with Crippen LogP contribution in [-0.4, -0.2) is 47.8 Å². The highest BCUT2D eigenvalue weighted by atomic mass is 19.1. The van der Waals surface area contributed by atoms with Gasteiger partial charge in [-0.25, -0.2) is 9.18 Å². The molecule has 7 heteroatoms. The summed E-state index contributed by atoms with van der Waals surface area (Å²) >= 11 is 0. The summed E-state index contributed by atoms with van der Waals surface area (Å²) in [6.07, 6.45) is 2.16. The number of pyridine rings is 1. The van der Waals surface area contributed by atoms with Crippen molar-refractivity contribution in [2.75, 3.05) is 27.2 Å². The van der Waals surface area contributed by atoms with Gasteiger partial charge in [0, 0.05) is 19.3 Å². The number of carboxylic acids is 1. The molecule has 29 heavy (non-hydrogen) atoms. The fourth-order valence-electron chi connectivity index (χ4n) is 3.11. The SMILES string of the molecule is CN(C)CCCOc1ccc2c(c1)c(=O)c(C(=O)O)cn2Cc1ccc(F)cc1. The normalized spacial score (nSPS) is 11.2. The van der Waals surface area contributed by atoms with Crippen molar-refractivity contribution in [3.05, 3.63) is 75.8 Å². The summed E-state index contributed by atoms with van der Waals surface area (Å²) in [5.41, 5.74) is 0.507. The van der Waals surface area contributed by atoms with Gasteiger partial charge in [0.15, 0.2) is 0 Å². The van der Waals surface area contributed by atoms with Gasteiger partial charge < -0.3 is 19.3 Å². The van der Waals surface area contributed by atoms with Gasteiger partial charge in [-0.05, 0) is 56.4 Å². The molecule has 1 N–H and O–H groups in total. The minimum absolute atomic E-state index is 0.275. The first-order valence-electron chi connectivity index (χ1n) is 9.27. The van der Waals surface area contributed by atoms with Crippen LogP contribution >= 0.6 is 0 Å². The second-order valence-corrected chi connectivity index (χ2v) is 7.12. The number of aromatic nitrogens is 1. The van der Waals surface area contributed by atoms with E-state index in [1.807, 2.05) is 14.1 Å². The second-order valence-electron chi connectivity index (χ2n) is 7.12. The van der Waals surface area contributed by atoms with E-state index in [1.165, 1.54) is 18.3 Å². The third-order valence-electron chi connectivity index (χ3n) is 4.57. The first-order chi connectivity index (χ1) is 13.8. The lowest BCUT2D eigenvalue weighted by Gasteiger charge is -2.14. The molecular weight excluding hydrogens is 375 g/mol. The molecule has 0 aliphatic rings. The van der Waals surface area contributed by atoms with Crippen LogP contribution in [0, 0.1) is 5.82 Å². The van der Waals surface area contributed by atoms with E-state index in [0.717, 1.165) is 18.5 Å². The van der Waals surface area contributed by atoms with Crippen LogP contribution in [-0.2, 0) is 6.54 Å². The van der Waals surface area contributed by atoms with Crippen LogP contribution in [0.4, 0.5) is 4.39 Å². The molecule has 1 aromatic heterocycles. The molecule has 0 radical (unpaired) electrons. The second kappa shape index (κ2) is 8.87. The molecule has 0 saturated heterocycles. The maximum atomic E-state index is 13.2. The highest BCUT2D eigenvalue weighted by molar-refractivity contribution is 5.93. The van der Waals surface area contributed by atoms with Gasteiger partial charge in [0.2, 0.25) is 5.43 Å². The highest BCUT2D eigenvalue weighted by Crippen LogP contribution is 2.21. The summed E-state index contributed by atoms with van der Waals surface area (Å²) in [5.74, 6) is -1.12. The van der Waals surface area contributed by atoms with E-state index in [9.17, 15) is 19.1 Å². The molecule has 0 aliphatic carbocycles. The third-order valence-corrected chi connectivity index (χ3v) is 4.57. The van der Waals surface area contributed by atoms with Gasteiger partial charge in [0.05, 0.1) is 17.5 Å². The Morgan fingerprint density at radius 2 is 1.90 bits per heavy atom. The zero-order valence-corrected chi connectivity index (χ0v) is 16.4. The Hall–Kier alpha value is -3.19. The van der Waals surface area contributed by atoms with E-state index in [4.69, 9.17) is 4.74 Å². The van der Waals surface area contributed by atoms with Crippen molar-refractivity contribution in [1.29, 1.82) is 0 Å². The van der Waals surface area contributed by atoms with Crippen molar-refractivity contribution in [2.24, 2.45) is 0 Å². The van der Waals surface area contributed by atoms with Crippen LogP contribution < -0.4 is 10.2 Å². The van der Waals surface area contributed by atoms with Crippen molar-refractivity contribution in [3.63, 3.8) is 0 Å². The molecule has 0 fully saturated rings. The topological polar surface area (TPSA) is 71.8 Å². The van der Waals surface area contributed by atoms with Gasteiger partial charge >= 0.3 is 5.97 Å². The molecule has 3 rings (SSSR count). The molecule has 1 heterocycles. The predicted molar refractivity (Wildman–Crippen MR) is 109 cm³/mol. The van der Waals surface area contributed by atoms with E-state index in [-0.39, 0.29) is 16.8 Å². The summed E-state index contributed by atoms with van der Waals surface area (Å²) in [6.45, 7) is 1.67. The lowest BCUT2D eigenvalue weighted by molar-refractivity contribution is 0.0695. The number of benzene rings is 2. The molecule has 0 bridgehead atoms. The number of halogens is 1. The monoisotopic (exact) mass is 398 g/mol. The molecule has 0 atom stereocenters. The van der Waals surface area contributed by atoms with E-state index in [1.54, 1.807) is 34.9 Å². The fourth-order valence-corrected chi connectivity index (χ4v) is 3.11. The minimum Gasteiger partial charge on any atom is -0.494 e. The molecule has 0 saturated carbocycles. The molecule has 152 valence electrons. The Kier molecular flexibility index (Phi) is 6.29. The summed E-state index contributed by atoms with van der Waals surface area (Å²) in [5, 5.41) is 9.72. The Morgan fingerprint density at radius 1 is 1.17 bits per heavy atom. The van der Waals surface area contributed by atoms with E-state index >= 15 is 0 Å². The fraction of sp³-hybridized carbons (Fsp3) is 0.273. The Morgan fingerprint density at radius 3 is 2.55 bits per heavy atom. The van der Waals surface area contributed by atoms with Gasteiger partial charge in [0.25, 0.3) is 0 Å². The number of hydrogen-bond acceptors (Lipinski definition) is 4. The Bertz CT molecular complexity index is 1070. The van der Waals surface area contributed by atoms with E-state index < -0.39 is 11.4 Å². The highest BCUT2D eigenvalue weighted by Gasteiger charge is 2.15. The number of rotatable bonds is 8. The smallest absolute Gasteiger partial charge is 0.341 e. The Balaban J connectivity index is 1.97. The minimum atomic E-state index is -1.29. The van der Waals surface area contributed by atoms with Gasteiger partial charge in [-0.15, -0.1) is 0 Å². The summed E-state index contributed by atoms with van der Waals surface area (Å²) < 4.78 is 20.6. The number of carbonyl (C=O) groups is 1. The van der Waals surface area contributed by atoms with Crippen molar-refractivity contribution >= 4 is 16.9 Å². The molecule has 0 unspecified atom stereocenters. The molecule has 0 amide bonds. The van der Waals surface area contributed by atoms with Crippen molar-refractivity contribution < 1.29 is 19.0 Å². The number of nitrogens with zero attached hydrogens (tertiary/aromatic N) is 2. The van der Waals surface area contributed by atoms with Gasteiger partial charge in [-0.1, -0.05) is 12.1 Å². The van der Waals surface area contributed by atoms with Crippen LogP contribution in [0.15, 0.2) is 53.5 Å². The average molecular weight is 398 g/mol. The predicted octanol–water partition coefficient (Wildman–Crippen LogP) is 3.22. The van der Waals surface area contributed by atoms with E-state index in [0.29, 0.717) is 24.4 Å². The summed E-state index contributed by atoms with van der Waals surface area (Å²) in [7, 11) is 3.96. The van der Waals surface area contributed by atoms with Gasteiger partial charge in [-0.2, -0.15) is 0 Å². The van der Waals surface area contributed by atoms with Crippen molar-refractivity contribution in [3.8, 4) is 5.75 Å². The summed E-state index contributed by atoms with van der Waals surface area (Å²) in [6, 6.07) is 11.0. The quantitative estimate of drug-likeness (QED) is 0.590. The third kappa shape index (κ3) is 5.00. The van der Waals surface area contributed by atoms with Crippen LogP contribution in [0.25, 0.3) is 10.9 Å². The first-order valence-corrected chi connectivity index (χ1v) is 9.27. The van der Waals surface area contributed by atoms with Gasteiger partial charge in [-0.3, -0.25) is 4.79 Å². The lowest BCUT2D eigenvalue weighted by Crippen LogP contribution is -2.19. The van der Waals surface area contributed by atoms with Crippen LogP contribution in [0.5, 0.6) is 5.75 Å². The molecule has 0 aliphatic heterocycles. The molecular formula is C22H23FN2O4. The van der Waals surface area contributed by atoms with Gasteiger partial charge in [0.1, 0.15) is 17.1 Å². The average Bonchev–Trinajstić information content (AvgIpc) is 2.68. The number of hydrogen-bond donors (Lipinski definition) is 1. The van der Waals surface area contributed by atoms with Crippen molar-refractivity contribution in [1.82, 2.24) is 9.47 Å². The van der Waals surface area contributed by atoms with Crippen molar-refractivity contribution in [2.45, 2.75) is 13.0 Å². The number of ether oxygens (including phenoxy) is 1. The zero-order chi connectivity index (χ0) is 21.0.